The first-order valence-electron chi connectivity index (χ1n) is 6.36. The lowest BCUT2D eigenvalue weighted by Crippen LogP contribution is -2.94. The summed E-state index contributed by atoms with van der Waals surface area (Å²) in [7, 11) is 1.78. The van der Waals surface area contributed by atoms with Crippen molar-refractivity contribution in [2.24, 2.45) is 5.92 Å². The lowest BCUT2D eigenvalue weighted by atomic mass is 9.76. The topological polar surface area (TPSA) is 25.8 Å². The van der Waals surface area contributed by atoms with Gasteiger partial charge in [-0.3, -0.25) is 0 Å². The molecule has 2 heteroatoms. The molecule has 0 aromatic heterocycles. The Morgan fingerprint density at radius 3 is 3.12 bits per heavy atom. The molecule has 0 saturated carbocycles. The Morgan fingerprint density at radius 1 is 1.31 bits per heavy atom. The van der Waals surface area contributed by atoms with Crippen molar-refractivity contribution in [3.63, 3.8) is 0 Å². The summed E-state index contributed by atoms with van der Waals surface area (Å²) in [6, 6.07) is 7.31. The molecule has 0 spiro atoms. The van der Waals surface area contributed by atoms with Crippen LogP contribution in [0, 0.1) is 5.92 Å². The third kappa shape index (κ3) is 1.61. The minimum Gasteiger partial charge on any atom is -0.496 e. The molecule has 2 nitrogen and oxygen atoms in total. The van der Waals surface area contributed by atoms with E-state index in [4.69, 9.17) is 4.74 Å². The number of methoxy groups -OCH3 is 1. The Bertz CT molecular complexity index is 388. The summed E-state index contributed by atoms with van der Waals surface area (Å²) in [6.07, 6.45) is 5.26. The van der Waals surface area contributed by atoms with E-state index in [1.807, 2.05) is 0 Å². The summed E-state index contributed by atoms with van der Waals surface area (Å²) in [5, 5.41) is 2.55. The molecule has 0 amide bonds. The van der Waals surface area contributed by atoms with Crippen molar-refractivity contribution in [2.75, 3.05) is 13.7 Å². The van der Waals surface area contributed by atoms with Crippen molar-refractivity contribution < 1.29 is 10.1 Å². The molecule has 1 saturated heterocycles. The maximum Gasteiger partial charge on any atom is 0.122 e. The van der Waals surface area contributed by atoms with Gasteiger partial charge in [0, 0.05) is 17.9 Å². The van der Waals surface area contributed by atoms with Crippen molar-refractivity contribution in [2.45, 2.75) is 31.7 Å². The van der Waals surface area contributed by atoms with Gasteiger partial charge in [0.2, 0.25) is 0 Å². The molecule has 0 unspecified atom stereocenters. The van der Waals surface area contributed by atoms with Crippen LogP contribution in [0.15, 0.2) is 18.2 Å². The Labute approximate surface area is 97.0 Å². The highest BCUT2D eigenvalue weighted by Gasteiger charge is 2.34. The van der Waals surface area contributed by atoms with Gasteiger partial charge in [-0.1, -0.05) is 12.1 Å². The van der Waals surface area contributed by atoms with Gasteiger partial charge in [-0.15, -0.1) is 0 Å². The average molecular weight is 218 g/mol. The number of benzene rings is 1. The maximum absolute atomic E-state index is 5.48. The molecule has 2 aliphatic rings. The minimum atomic E-state index is 0.803. The first-order valence-corrected chi connectivity index (χ1v) is 6.36. The van der Waals surface area contributed by atoms with E-state index < -0.39 is 0 Å². The van der Waals surface area contributed by atoms with Crippen LogP contribution >= 0.6 is 0 Å². The number of hydrogen-bond donors (Lipinski definition) is 1. The highest BCUT2D eigenvalue weighted by molar-refractivity contribution is 5.42. The number of rotatable bonds is 1. The summed E-state index contributed by atoms with van der Waals surface area (Å²) >= 11 is 0. The fraction of sp³-hybridized carbons (Fsp3) is 0.571. The number of piperidine rings is 1. The largest absolute Gasteiger partial charge is 0.496 e. The van der Waals surface area contributed by atoms with Crippen LogP contribution in [0.1, 0.15) is 24.0 Å². The predicted octanol–water partition coefficient (Wildman–Crippen LogP) is 1.14. The lowest BCUT2D eigenvalue weighted by molar-refractivity contribution is -0.705. The normalized spacial score (nSPS) is 28.1. The molecule has 1 aromatic carbocycles. The van der Waals surface area contributed by atoms with Crippen LogP contribution in [0.4, 0.5) is 0 Å². The van der Waals surface area contributed by atoms with Crippen molar-refractivity contribution in [1.82, 2.24) is 0 Å². The van der Waals surface area contributed by atoms with Gasteiger partial charge in [-0.25, -0.2) is 0 Å². The first-order chi connectivity index (χ1) is 7.88. The van der Waals surface area contributed by atoms with E-state index in [1.165, 1.54) is 43.4 Å². The van der Waals surface area contributed by atoms with Crippen LogP contribution in [0.5, 0.6) is 5.75 Å². The van der Waals surface area contributed by atoms with Gasteiger partial charge in [-0.2, -0.15) is 0 Å². The summed E-state index contributed by atoms with van der Waals surface area (Å²) in [4.78, 5) is 0. The molecule has 1 aromatic rings. The molecule has 1 aliphatic carbocycles. The van der Waals surface area contributed by atoms with Crippen LogP contribution in [0.25, 0.3) is 0 Å². The Kier molecular flexibility index (Phi) is 2.60. The fourth-order valence-electron chi connectivity index (χ4n) is 3.37. The van der Waals surface area contributed by atoms with Crippen molar-refractivity contribution in [1.29, 1.82) is 0 Å². The second kappa shape index (κ2) is 4.10. The Balaban J connectivity index is 1.95. The highest BCUT2D eigenvalue weighted by atomic mass is 16.5. The first kappa shape index (κ1) is 10.2. The Hall–Kier alpha value is -1.02. The smallest absolute Gasteiger partial charge is 0.122 e. The van der Waals surface area contributed by atoms with Crippen LogP contribution in [0.2, 0.25) is 0 Å². The molecule has 0 bridgehead atoms. The fourth-order valence-corrected chi connectivity index (χ4v) is 3.37. The number of fused-ring (bicyclic) bond motifs is 2. The van der Waals surface area contributed by atoms with Crippen LogP contribution < -0.4 is 10.1 Å². The number of ether oxygens (including phenoxy) is 1. The summed E-state index contributed by atoms with van der Waals surface area (Å²) in [5.74, 6) is 1.99. The zero-order valence-electron chi connectivity index (χ0n) is 9.91. The minimum absolute atomic E-state index is 0.803. The second-order valence-corrected chi connectivity index (χ2v) is 5.10. The van der Waals surface area contributed by atoms with E-state index in [9.17, 15) is 0 Å². The average Bonchev–Trinajstić information content (AvgIpc) is 2.35. The van der Waals surface area contributed by atoms with E-state index >= 15 is 0 Å². The molecule has 0 radical (unpaired) electrons. The molecule has 86 valence electrons. The van der Waals surface area contributed by atoms with E-state index in [1.54, 1.807) is 7.11 Å². The molecule has 1 fully saturated rings. The lowest BCUT2D eigenvalue weighted by Gasteiger charge is -2.35. The molecule has 16 heavy (non-hydrogen) atoms. The number of nitrogens with two attached hydrogens (primary N) is 1. The third-order valence-electron chi connectivity index (χ3n) is 4.23. The molecular formula is C14H20NO+. The number of quaternary nitrogens is 1. The van der Waals surface area contributed by atoms with Crippen LogP contribution in [-0.4, -0.2) is 19.7 Å². The summed E-state index contributed by atoms with van der Waals surface area (Å²) in [6.45, 7) is 1.31. The monoisotopic (exact) mass is 218 g/mol. The second-order valence-electron chi connectivity index (χ2n) is 5.10. The van der Waals surface area contributed by atoms with Gasteiger partial charge >= 0.3 is 0 Å². The molecule has 1 aliphatic heterocycles. The van der Waals surface area contributed by atoms with Gasteiger partial charge in [0.1, 0.15) is 5.75 Å². The zero-order valence-corrected chi connectivity index (χ0v) is 9.91. The van der Waals surface area contributed by atoms with E-state index in [-0.39, 0.29) is 0 Å². The maximum atomic E-state index is 5.48. The zero-order chi connectivity index (χ0) is 11.0. The van der Waals surface area contributed by atoms with Crippen molar-refractivity contribution >= 4 is 0 Å². The quantitative estimate of drug-likeness (QED) is 0.751. The van der Waals surface area contributed by atoms with Gasteiger partial charge < -0.3 is 10.1 Å². The van der Waals surface area contributed by atoms with Gasteiger partial charge in [-0.05, 0) is 30.9 Å². The van der Waals surface area contributed by atoms with Crippen LogP contribution in [0.3, 0.4) is 0 Å². The van der Waals surface area contributed by atoms with E-state index in [2.05, 4.69) is 23.5 Å². The van der Waals surface area contributed by atoms with E-state index in [0.717, 1.165) is 17.7 Å². The van der Waals surface area contributed by atoms with Gasteiger partial charge in [0.15, 0.2) is 0 Å². The number of hydrogen-bond acceptors (Lipinski definition) is 1. The molecule has 1 heterocycles. The summed E-state index contributed by atoms with van der Waals surface area (Å²) in [5.41, 5.74) is 2.99. The third-order valence-corrected chi connectivity index (χ3v) is 4.23. The van der Waals surface area contributed by atoms with E-state index in [0.29, 0.717) is 0 Å². The Morgan fingerprint density at radius 2 is 2.25 bits per heavy atom. The predicted molar refractivity (Wildman–Crippen MR) is 63.7 cm³/mol. The SMILES string of the molecule is COc1cccc2c1C[C@H]1[NH2+]CCC[C@H]1C2. The highest BCUT2D eigenvalue weighted by Crippen LogP contribution is 2.33. The molecule has 3 rings (SSSR count). The molecular weight excluding hydrogens is 198 g/mol. The molecule has 2 atom stereocenters. The van der Waals surface area contributed by atoms with Crippen molar-refractivity contribution in [3.05, 3.63) is 29.3 Å². The molecule has 2 N–H and O–H groups in total. The van der Waals surface area contributed by atoms with Gasteiger partial charge in [0.25, 0.3) is 0 Å². The summed E-state index contributed by atoms with van der Waals surface area (Å²) < 4.78 is 5.48. The standard InChI is InChI=1S/C14H19NO/c1-16-14-6-2-4-10-8-11-5-3-7-15-13(11)9-12(10)14/h2,4,6,11,13,15H,3,5,7-9H2,1H3/p+1/t11-,13+/m0/s1. The van der Waals surface area contributed by atoms with Crippen LogP contribution in [-0.2, 0) is 12.8 Å². The van der Waals surface area contributed by atoms with Crippen molar-refractivity contribution in [3.8, 4) is 5.75 Å². The van der Waals surface area contributed by atoms with Gasteiger partial charge in [0.05, 0.1) is 19.7 Å².